The van der Waals surface area contributed by atoms with Gasteiger partial charge >= 0.3 is 0 Å². The molecule has 0 radical (unpaired) electrons. The van der Waals surface area contributed by atoms with E-state index in [1.165, 1.54) is 6.26 Å². The van der Waals surface area contributed by atoms with Crippen molar-refractivity contribution in [2.24, 2.45) is 0 Å². The second-order valence-electron chi connectivity index (χ2n) is 6.68. The fourth-order valence-corrected chi connectivity index (χ4v) is 3.79. The molecule has 0 atom stereocenters. The smallest absolute Gasteiger partial charge is 0.175 e. The summed E-state index contributed by atoms with van der Waals surface area (Å²) in [5, 5.41) is 0. The van der Waals surface area contributed by atoms with Gasteiger partial charge in [-0.25, -0.2) is 8.42 Å². The first-order valence-corrected chi connectivity index (χ1v) is 10.5. The van der Waals surface area contributed by atoms with Crippen molar-refractivity contribution in [2.75, 3.05) is 6.26 Å². The zero-order valence-electron chi connectivity index (χ0n) is 15.1. The lowest BCUT2D eigenvalue weighted by molar-refractivity contribution is 0.502. The lowest BCUT2D eigenvalue weighted by Gasteiger charge is -2.24. The van der Waals surface area contributed by atoms with E-state index in [1.54, 1.807) is 24.3 Å². The molecular weight excluding hydrogens is 358 g/mol. The van der Waals surface area contributed by atoms with Gasteiger partial charge in [-0.3, -0.25) is 4.98 Å². The molecule has 2 aromatic carbocycles. The Bertz CT molecular complexity index is 1130. The Morgan fingerprint density at radius 1 is 0.926 bits per heavy atom. The Balaban J connectivity index is 1.85. The van der Waals surface area contributed by atoms with E-state index >= 15 is 0 Å². The number of ether oxygens (including phenoxy) is 1. The van der Waals surface area contributed by atoms with Crippen LogP contribution in [0.2, 0.25) is 0 Å². The molecule has 0 N–H and O–H groups in total. The summed E-state index contributed by atoms with van der Waals surface area (Å²) < 4.78 is 29.7. The Morgan fingerprint density at radius 3 is 2.30 bits per heavy atom. The molecule has 0 bridgehead atoms. The Kier molecular flexibility index (Phi) is 4.32. The van der Waals surface area contributed by atoms with Crippen LogP contribution in [0.4, 0.5) is 0 Å². The van der Waals surface area contributed by atoms with Gasteiger partial charge in [-0.2, -0.15) is 0 Å². The number of aromatic nitrogens is 1. The molecule has 4 rings (SSSR count). The normalized spacial score (nSPS) is 13.9. The second-order valence-corrected chi connectivity index (χ2v) is 8.69. The number of benzene rings is 2. The molecule has 0 unspecified atom stereocenters. The van der Waals surface area contributed by atoms with E-state index in [0.29, 0.717) is 4.90 Å². The van der Waals surface area contributed by atoms with Crippen LogP contribution in [0.25, 0.3) is 11.3 Å². The van der Waals surface area contributed by atoms with Crippen molar-refractivity contribution in [3.05, 3.63) is 89.2 Å². The van der Waals surface area contributed by atoms with Crippen LogP contribution in [-0.4, -0.2) is 19.7 Å². The maximum absolute atomic E-state index is 11.8. The molecule has 27 heavy (non-hydrogen) atoms. The highest BCUT2D eigenvalue weighted by Crippen LogP contribution is 2.39. The van der Waals surface area contributed by atoms with Gasteiger partial charge in [0.1, 0.15) is 11.5 Å². The predicted molar refractivity (Wildman–Crippen MR) is 106 cm³/mol. The van der Waals surface area contributed by atoms with Gasteiger partial charge in [-0.1, -0.05) is 24.3 Å². The highest BCUT2D eigenvalue weighted by molar-refractivity contribution is 7.90. The van der Waals surface area contributed by atoms with Crippen LogP contribution in [0.3, 0.4) is 0 Å². The average Bonchev–Trinajstić information content (AvgIpc) is 2.67. The molecule has 1 aromatic heterocycles. The van der Waals surface area contributed by atoms with Crippen LogP contribution in [-0.2, 0) is 16.3 Å². The van der Waals surface area contributed by atoms with Crippen molar-refractivity contribution in [1.29, 1.82) is 0 Å². The van der Waals surface area contributed by atoms with Gasteiger partial charge in [0, 0.05) is 41.3 Å². The minimum Gasteiger partial charge on any atom is -0.456 e. The molecule has 3 aromatic rings. The zero-order valence-corrected chi connectivity index (χ0v) is 16.0. The van der Waals surface area contributed by atoms with E-state index in [9.17, 15) is 8.42 Å². The third kappa shape index (κ3) is 3.51. The molecule has 0 saturated heterocycles. The number of pyridine rings is 1. The molecule has 0 fully saturated rings. The largest absolute Gasteiger partial charge is 0.456 e. The van der Waals surface area contributed by atoms with Crippen LogP contribution in [0.15, 0.2) is 71.8 Å². The number of para-hydroxylation sites is 1. The van der Waals surface area contributed by atoms with E-state index in [0.717, 1.165) is 45.9 Å². The lowest BCUT2D eigenvalue weighted by Crippen LogP contribution is -2.10. The highest BCUT2D eigenvalue weighted by Gasteiger charge is 2.22. The second kappa shape index (κ2) is 6.67. The third-order valence-electron chi connectivity index (χ3n) is 4.63. The van der Waals surface area contributed by atoms with E-state index in [-0.39, 0.29) is 0 Å². The van der Waals surface area contributed by atoms with Crippen LogP contribution in [0.5, 0.6) is 5.75 Å². The van der Waals surface area contributed by atoms with Gasteiger partial charge < -0.3 is 4.74 Å². The monoisotopic (exact) mass is 377 g/mol. The first kappa shape index (κ1) is 17.5. The molecule has 0 amide bonds. The highest BCUT2D eigenvalue weighted by atomic mass is 32.2. The summed E-state index contributed by atoms with van der Waals surface area (Å²) in [5.41, 5.74) is 4.94. The number of nitrogens with zero attached hydrogens (tertiary/aromatic N) is 1. The summed E-state index contributed by atoms with van der Waals surface area (Å²) in [6.07, 6.45) is 3.79. The minimum atomic E-state index is -3.24. The first-order valence-electron chi connectivity index (χ1n) is 8.64. The van der Waals surface area contributed by atoms with Crippen LogP contribution in [0, 0.1) is 6.92 Å². The van der Waals surface area contributed by atoms with Crippen molar-refractivity contribution < 1.29 is 13.2 Å². The van der Waals surface area contributed by atoms with Crippen molar-refractivity contribution in [1.82, 2.24) is 4.98 Å². The fraction of sp³-hybridized carbons (Fsp3) is 0.136. The Morgan fingerprint density at radius 2 is 1.63 bits per heavy atom. The molecule has 0 spiro atoms. The quantitative estimate of drug-likeness (QED) is 0.683. The molecule has 1 aliphatic heterocycles. The average molecular weight is 377 g/mol. The summed E-state index contributed by atoms with van der Waals surface area (Å²) in [5.74, 6) is 1.56. The SMILES string of the molecule is Cc1ccc(C2=C(c3ccc(S(C)(=O)=O)cc3)Oc3ccccc3C2)cn1. The lowest BCUT2D eigenvalue weighted by atomic mass is 9.93. The zero-order chi connectivity index (χ0) is 19.0. The van der Waals surface area contributed by atoms with Crippen molar-refractivity contribution in [2.45, 2.75) is 18.2 Å². The van der Waals surface area contributed by atoms with Crippen LogP contribution < -0.4 is 4.74 Å². The summed E-state index contributed by atoms with van der Waals surface area (Å²) in [6, 6.07) is 18.8. The molecular formula is C22H19NO3S. The van der Waals surface area contributed by atoms with Gasteiger partial charge in [0.15, 0.2) is 9.84 Å². The molecule has 5 heteroatoms. The van der Waals surface area contributed by atoms with Gasteiger partial charge in [-0.15, -0.1) is 0 Å². The van der Waals surface area contributed by atoms with E-state index in [2.05, 4.69) is 11.1 Å². The van der Waals surface area contributed by atoms with Crippen molar-refractivity contribution in [3.8, 4) is 5.75 Å². The minimum absolute atomic E-state index is 0.293. The molecule has 2 heterocycles. The van der Waals surface area contributed by atoms with Gasteiger partial charge in [0.05, 0.1) is 4.90 Å². The Labute approximate surface area is 159 Å². The topological polar surface area (TPSA) is 56.3 Å². The number of hydrogen-bond acceptors (Lipinski definition) is 4. The summed E-state index contributed by atoms with van der Waals surface area (Å²) >= 11 is 0. The number of fused-ring (bicyclic) bond motifs is 1. The molecule has 0 saturated carbocycles. The molecule has 4 nitrogen and oxygen atoms in total. The number of rotatable bonds is 3. The number of sulfone groups is 1. The van der Waals surface area contributed by atoms with Crippen LogP contribution >= 0.6 is 0 Å². The molecule has 0 aliphatic carbocycles. The third-order valence-corrected chi connectivity index (χ3v) is 5.76. The molecule has 136 valence electrons. The van der Waals surface area contributed by atoms with E-state index < -0.39 is 9.84 Å². The number of allylic oxidation sites excluding steroid dienone is 1. The van der Waals surface area contributed by atoms with Crippen molar-refractivity contribution >= 4 is 21.2 Å². The van der Waals surface area contributed by atoms with Crippen LogP contribution in [0.1, 0.15) is 22.4 Å². The van der Waals surface area contributed by atoms with Gasteiger partial charge in [0.25, 0.3) is 0 Å². The maximum Gasteiger partial charge on any atom is 0.175 e. The summed E-state index contributed by atoms with van der Waals surface area (Å²) in [7, 11) is -3.24. The maximum atomic E-state index is 11.8. The summed E-state index contributed by atoms with van der Waals surface area (Å²) in [6.45, 7) is 1.95. The van der Waals surface area contributed by atoms with E-state index in [4.69, 9.17) is 4.74 Å². The Hall–Kier alpha value is -2.92. The molecule has 1 aliphatic rings. The first-order chi connectivity index (χ1) is 12.9. The summed E-state index contributed by atoms with van der Waals surface area (Å²) in [4.78, 5) is 4.71. The van der Waals surface area contributed by atoms with Gasteiger partial charge in [-0.05, 0) is 48.9 Å². The fourth-order valence-electron chi connectivity index (χ4n) is 3.16. The van der Waals surface area contributed by atoms with Gasteiger partial charge in [0.2, 0.25) is 0 Å². The number of hydrogen-bond donors (Lipinski definition) is 0. The standard InChI is InChI=1S/C22H19NO3S/c1-15-7-8-18(14-23-15)20-13-17-5-3-4-6-21(17)26-22(20)16-9-11-19(12-10-16)27(2,24)25/h3-12,14H,13H2,1-2H3. The number of aryl methyl sites for hydroxylation is 1. The van der Waals surface area contributed by atoms with Crippen molar-refractivity contribution in [3.63, 3.8) is 0 Å². The predicted octanol–water partition coefficient (Wildman–Crippen LogP) is 4.30. The van der Waals surface area contributed by atoms with E-state index in [1.807, 2.05) is 43.5 Å².